The fourth-order valence-corrected chi connectivity index (χ4v) is 16.1. The Morgan fingerprint density at radius 2 is 0.438 bits per heavy atom. The van der Waals surface area contributed by atoms with Gasteiger partial charge in [-0.1, -0.05) is 285 Å². The third-order valence-electron chi connectivity index (χ3n) is 21.7. The summed E-state index contributed by atoms with van der Waals surface area (Å²) in [5.74, 6) is 1.41. The highest BCUT2D eigenvalue weighted by Gasteiger charge is 2.20. The van der Waals surface area contributed by atoms with Crippen LogP contribution in [0.1, 0.15) is 0 Å². The van der Waals surface area contributed by atoms with Gasteiger partial charge in [-0.2, -0.15) is 0 Å². The summed E-state index contributed by atoms with van der Waals surface area (Å²) in [5, 5.41) is 9.42. The van der Waals surface area contributed by atoms with Crippen LogP contribution in [0.2, 0.25) is 0 Å². The van der Waals surface area contributed by atoms with Gasteiger partial charge in [0, 0.05) is 87.8 Å². The number of hydrogen-bond acceptors (Lipinski definition) is 6. The SMILES string of the molecule is c1ccc(-c2cc(-c3ccccc3)nc(-c3ccc(-c4ccc5c(c4)c4ccccc4n5-c4ccc(-c5ccc6oc7ccccc7c6c5)cc4)cc3)n2)cc1.c1ccc(-c2cc(-c3ccccc3)nc(-c3cccc(-c4ccc5c(c4)c4ccccc4n5-c4ccc(-c5ccc6oc7ccccc7c6c5)cc4)c3)n2)cc1. The molecule has 0 fully saturated rings. The van der Waals surface area contributed by atoms with Gasteiger partial charge in [0.15, 0.2) is 11.6 Å². The van der Waals surface area contributed by atoms with Gasteiger partial charge in [-0.25, -0.2) is 19.9 Å². The maximum Gasteiger partial charge on any atom is 0.160 e. The van der Waals surface area contributed by atoms with Gasteiger partial charge in [-0.15, -0.1) is 0 Å². The van der Waals surface area contributed by atoms with Gasteiger partial charge in [0.1, 0.15) is 22.3 Å². The van der Waals surface area contributed by atoms with Crippen LogP contribution in [-0.2, 0) is 0 Å². The third kappa shape index (κ3) is 11.9. The lowest BCUT2D eigenvalue weighted by Gasteiger charge is -2.11. The van der Waals surface area contributed by atoms with Gasteiger partial charge in [0.25, 0.3) is 0 Å². The Kier molecular flexibility index (Phi) is 16.1. The molecule has 524 valence electrons. The number of aromatic nitrogens is 6. The smallest absolute Gasteiger partial charge is 0.160 e. The number of benzene rings is 16. The highest BCUT2D eigenvalue weighted by molar-refractivity contribution is 6.13. The highest BCUT2D eigenvalue weighted by atomic mass is 16.3. The number of para-hydroxylation sites is 4. The Morgan fingerprint density at radius 1 is 0.161 bits per heavy atom. The number of hydrogen-bond donors (Lipinski definition) is 0. The third-order valence-corrected chi connectivity index (χ3v) is 21.7. The summed E-state index contributed by atoms with van der Waals surface area (Å²) in [6.07, 6.45) is 0. The van der Waals surface area contributed by atoms with E-state index >= 15 is 0 Å². The molecule has 0 aliphatic carbocycles. The quantitative estimate of drug-likeness (QED) is 0.121. The number of fused-ring (bicyclic) bond motifs is 12. The van der Waals surface area contributed by atoms with E-state index in [1.807, 2.05) is 97.1 Å². The molecule has 8 heteroatoms. The molecule has 6 aromatic heterocycles. The fourth-order valence-electron chi connectivity index (χ4n) is 16.1. The first kappa shape index (κ1) is 65.2. The van der Waals surface area contributed by atoms with E-state index < -0.39 is 0 Å². The second-order valence-electron chi connectivity index (χ2n) is 28.4. The minimum Gasteiger partial charge on any atom is -0.456 e. The molecule has 0 saturated heterocycles. The summed E-state index contributed by atoms with van der Waals surface area (Å²) < 4.78 is 16.9. The molecule has 0 spiro atoms. The summed E-state index contributed by atoms with van der Waals surface area (Å²) in [6, 6.07) is 141. The van der Waals surface area contributed by atoms with Gasteiger partial charge < -0.3 is 18.0 Å². The number of furan rings is 2. The maximum absolute atomic E-state index is 6.09. The second-order valence-corrected chi connectivity index (χ2v) is 28.4. The van der Waals surface area contributed by atoms with Crippen molar-refractivity contribution in [2.75, 3.05) is 0 Å². The lowest BCUT2D eigenvalue weighted by molar-refractivity contribution is 0.668. The first-order chi connectivity index (χ1) is 55.5. The highest BCUT2D eigenvalue weighted by Crippen LogP contribution is 2.42. The van der Waals surface area contributed by atoms with Crippen LogP contribution in [0, 0.1) is 0 Å². The van der Waals surface area contributed by atoms with Crippen LogP contribution in [-0.4, -0.2) is 29.1 Å². The molecule has 16 aromatic carbocycles. The Morgan fingerprint density at radius 3 is 0.857 bits per heavy atom. The van der Waals surface area contributed by atoms with E-state index in [4.69, 9.17) is 28.8 Å². The summed E-state index contributed by atoms with van der Waals surface area (Å²) in [5.41, 5.74) is 29.6. The zero-order valence-electron chi connectivity index (χ0n) is 60.6. The average molecular weight is 1430 g/mol. The van der Waals surface area contributed by atoms with Crippen molar-refractivity contribution < 1.29 is 8.83 Å². The van der Waals surface area contributed by atoms with E-state index in [0.717, 1.165) is 150 Å². The molecule has 0 aliphatic rings. The van der Waals surface area contributed by atoms with E-state index in [2.05, 4.69) is 312 Å². The molecule has 0 saturated carbocycles. The number of rotatable bonds is 12. The van der Waals surface area contributed by atoms with E-state index in [1.165, 1.54) is 49.2 Å². The van der Waals surface area contributed by atoms with Gasteiger partial charge in [0.2, 0.25) is 0 Å². The molecule has 0 unspecified atom stereocenters. The van der Waals surface area contributed by atoms with Crippen molar-refractivity contribution in [2.24, 2.45) is 0 Å². The monoisotopic (exact) mass is 1430 g/mol. The summed E-state index contributed by atoms with van der Waals surface area (Å²) in [4.78, 5) is 20.3. The summed E-state index contributed by atoms with van der Waals surface area (Å²) in [7, 11) is 0. The molecule has 0 aliphatic heterocycles. The van der Waals surface area contributed by atoms with Crippen molar-refractivity contribution >= 4 is 87.5 Å². The molecular weight excluding hydrogens is 1370 g/mol. The molecule has 8 nitrogen and oxygen atoms in total. The van der Waals surface area contributed by atoms with Crippen LogP contribution in [0.4, 0.5) is 0 Å². The van der Waals surface area contributed by atoms with Crippen molar-refractivity contribution in [3.8, 4) is 124 Å². The van der Waals surface area contributed by atoms with E-state index in [9.17, 15) is 0 Å². The standard InChI is InChI=1S/2C52H33N3O/c1-3-12-35(13-4-1)46-33-47(36-14-5-2-6-15-36)54-52(53-46)40-17-11-16-37(30-40)39-24-28-49-44(31-39)42-18-7-9-20-48(42)55(49)41-26-22-34(23-27-41)38-25-29-51-45(32-38)43-19-8-10-21-50(43)56-51;1-3-11-36(12-4-1)46-33-47(37-13-5-2-6-14-37)54-52(53-46)38-21-19-34(20-22-38)39-25-29-49-44(31-39)42-15-7-9-17-48(42)55(49)41-27-23-35(24-28-41)40-26-30-51-45(32-40)43-16-8-10-18-50(43)56-51/h2*1-33H. The van der Waals surface area contributed by atoms with Crippen molar-refractivity contribution in [1.29, 1.82) is 0 Å². The molecule has 0 radical (unpaired) electrons. The zero-order chi connectivity index (χ0) is 74.0. The first-order valence-corrected chi connectivity index (χ1v) is 37.8. The molecule has 22 rings (SSSR count). The Hall–Kier alpha value is -15.1. The molecule has 0 atom stereocenters. The lowest BCUT2D eigenvalue weighted by Crippen LogP contribution is -1.96. The Balaban J connectivity index is 0.000000141. The van der Waals surface area contributed by atoms with Crippen molar-refractivity contribution in [3.63, 3.8) is 0 Å². The van der Waals surface area contributed by atoms with Gasteiger partial charge in [-0.3, -0.25) is 0 Å². The van der Waals surface area contributed by atoms with Crippen LogP contribution in [0.3, 0.4) is 0 Å². The van der Waals surface area contributed by atoms with Crippen molar-refractivity contribution in [3.05, 3.63) is 400 Å². The van der Waals surface area contributed by atoms with Crippen LogP contribution < -0.4 is 0 Å². The second kappa shape index (κ2) is 27.6. The summed E-state index contributed by atoms with van der Waals surface area (Å²) in [6.45, 7) is 0. The minimum absolute atomic E-state index is 0.700. The molecule has 0 bridgehead atoms. The predicted octanol–water partition coefficient (Wildman–Crippen LogP) is 27.6. The van der Waals surface area contributed by atoms with Crippen molar-refractivity contribution in [1.82, 2.24) is 29.1 Å². The zero-order valence-corrected chi connectivity index (χ0v) is 60.6. The van der Waals surface area contributed by atoms with Gasteiger partial charge >= 0.3 is 0 Å². The normalized spacial score (nSPS) is 11.6. The van der Waals surface area contributed by atoms with E-state index in [0.29, 0.717) is 11.6 Å². The topological polar surface area (TPSA) is 87.7 Å². The molecule has 0 amide bonds. The lowest BCUT2D eigenvalue weighted by atomic mass is 10.00. The average Bonchev–Trinajstić information content (AvgIpc) is 1.59. The summed E-state index contributed by atoms with van der Waals surface area (Å²) >= 11 is 0. The van der Waals surface area contributed by atoms with Crippen molar-refractivity contribution in [2.45, 2.75) is 0 Å². The molecule has 22 aromatic rings. The Labute approximate surface area is 645 Å². The fraction of sp³-hybridized carbons (Fsp3) is 0. The molecule has 112 heavy (non-hydrogen) atoms. The van der Waals surface area contributed by atoms with Crippen LogP contribution in [0.15, 0.2) is 409 Å². The molecule has 0 N–H and O–H groups in total. The molecular formula is C104H66N6O2. The largest absolute Gasteiger partial charge is 0.456 e. The van der Waals surface area contributed by atoms with Gasteiger partial charge in [-0.05, 0) is 160 Å². The maximum atomic E-state index is 6.09. The first-order valence-electron chi connectivity index (χ1n) is 37.8. The van der Waals surface area contributed by atoms with E-state index in [1.54, 1.807) is 0 Å². The predicted molar refractivity (Wildman–Crippen MR) is 462 cm³/mol. The van der Waals surface area contributed by atoms with Gasteiger partial charge in [0.05, 0.1) is 44.8 Å². The number of nitrogens with zero attached hydrogens (tertiary/aromatic N) is 6. The molecule has 6 heterocycles. The minimum atomic E-state index is 0.700. The van der Waals surface area contributed by atoms with Crippen LogP contribution >= 0.6 is 0 Å². The van der Waals surface area contributed by atoms with Crippen LogP contribution in [0.25, 0.3) is 211 Å². The van der Waals surface area contributed by atoms with Crippen LogP contribution in [0.5, 0.6) is 0 Å². The van der Waals surface area contributed by atoms with E-state index in [-0.39, 0.29) is 0 Å². The Bertz CT molecular complexity index is 7210.